The van der Waals surface area contributed by atoms with Gasteiger partial charge in [0.05, 0.1) is 34.7 Å². The molecule has 10 heteroatoms. The standard InChI is InChI=1S/C25H28FN3O5S/c1-15(2)34-18-6-8-19(9-7-18)35(32,33)28-13-21(16-3-4-16)24(14-28)29-23-11-17(26)5-10-20(23)22(27-29)12-25(30)31/h5-11,15-16,21,24H,3-4,12-14H2,1-2H3,(H,30,31)/t21?,24-/m0/s1. The molecule has 0 spiro atoms. The third kappa shape index (κ3) is 4.64. The number of aromatic nitrogens is 2. The van der Waals surface area contributed by atoms with Crippen molar-refractivity contribution >= 4 is 26.9 Å². The number of benzene rings is 2. The quantitative estimate of drug-likeness (QED) is 0.503. The van der Waals surface area contributed by atoms with Crippen LogP contribution >= 0.6 is 0 Å². The summed E-state index contributed by atoms with van der Waals surface area (Å²) in [7, 11) is -3.77. The van der Waals surface area contributed by atoms with Crippen LogP contribution in [-0.4, -0.2) is 52.8 Å². The Morgan fingerprint density at radius 2 is 1.89 bits per heavy atom. The van der Waals surface area contributed by atoms with E-state index in [0.717, 1.165) is 12.8 Å². The molecule has 0 radical (unpaired) electrons. The van der Waals surface area contributed by atoms with Crippen LogP contribution in [0.15, 0.2) is 47.4 Å². The fourth-order valence-electron chi connectivity index (χ4n) is 5.03. The summed E-state index contributed by atoms with van der Waals surface area (Å²) in [5, 5.41) is 14.5. The summed E-state index contributed by atoms with van der Waals surface area (Å²) < 4.78 is 50.0. The Hall–Kier alpha value is -2.98. The predicted molar refractivity (Wildman–Crippen MR) is 127 cm³/mol. The third-order valence-electron chi connectivity index (χ3n) is 6.74. The van der Waals surface area contributed by atoms with E-state index in [1.165, 1.54) is 16.4 Å². The monoisotopic (exact) mass is 501 g/mol. The highest BCUT2D eigenvalue weighted by atomic mass is 32.2. The first-order chi connectivity index (χ1) is 16.6. The van der Waals surface area contributed by atoms with Gasteiger partial charge in [-0.3, -0.25) is 9.48 Å². The van der Waals surface area contributed by atoms with Crippen LogP contribution in [0.25, 0.3) is 10.9 Å². The lowest BCUT2D eigenvalue weighted by Crippen LogP contribution is -2.29. The van der Waals surface area contributed by atoms with Crippen molar-refractivity contribution in [3.05, 3.63) is 54.0 Å². The van der Waals surface area contributed by atoms with Gasteiger partial charge in [-0.1, -0.05) is 0 Å². The number of rotatable bonds is 8. The molecule has 2 aliphatic rings. The van der Waals surface area contributed by atoms with Crippen LogP contribution < -0.4 is 4.74 Å². The molecular weight excluding hydrogens is 473 g/mol. The van der Waals surface area contributed by atoms with E-state index < -0.39 is 21.8 Å². The second-order valence-corrected chi connectivity index (χ2v) is 11.6. The zero-order valence-electron chi connectivity index (χ0n) is 19.6. The van der Waals surface area contributed by atoms with E-state index in [1.54, 1.807) is 35.0 Å². The molecule has 5 rings (SSSR count). The van der Waals surface area contributed by atoms with Crippen LogP contribution in [0.3, 0.4) is 0 Å². The van der Waals surface area contributed by atoms with Gasteiger partial charge < -0.3 is 9.84 Å². The predicted octanol–water partition coefficient (Wildman–Crippen LogP) is 3.86. The van der Waals surface area contributed by atoms with Crippen LogP contribution in [0.2, 0.25) is 0 Å². The molecule has 2 heterocycles. The van der Waals surface area contributed by atoms with Gasteiger partial charge >= 0.3 is 5.97 Å². The summed E-state index contributed by atoms with van der Waals surface area (Å²) in [5.41, 5.74) is 0.843. The van der Waals surface area contributed by atoms with Crippen LogP contribution in [0, 0.1) is 17.7 Å². The molecule has 1 aromatic heterocycles. The SMILES string of the molecule is CC(C)Oc1ccc(S(=O)(=O)N2CC(C3CC3)[C@@H](n3nc(CC(=O)O)c4ccc(F)cc43)C2)cc1. The van der Waals surface area contributed by atoms with E-state index >= 15 is 0 Å². The fourth-order valence-corrected chi connectivity index (χ4v) is 6.53. The number of hydrogen-bond donors (Lipinski definition) is 1. The van der Waals surface area contributed by atoms with Crippen LogP contribution in [0.1, 0.15) is 38.4 Å². The number of sulfonamides is 1. The van der Waals surface area contributed by atoms with E-state index in [-0.39, 0.29) is 35.9 Å². The molecule has 35 heavy (non-hydrogen) atoms. The summed E-state index contributed by atoms with van der Waals surface area (Å²) in [5.74, 6) is -0.505. The largest absolute Gasteiger partial charge is 0.491 e. The van der Waals surface area contributed by atoms with E-state index in [2.05, 4.69) is 5.10 Å². The Morgan fingerprint density at radius 3 is 2.51 bits per heavy atom. The molecule has 1 aliphatic carbocycles. The molecule has 1 N–H and O–H groups in total. The van der Waals surface area contributed by atoms with E-state index in [9.17, 15) is 22.7 Å². The number of carbonyl (C=O) groups is 1. The number of fused-ring (bicyclic) bond motifs is 1. The summed E-state index contributed by atoms with van der Waals surface area (Å²) in [6, 6.07) is 10.3. The van der Waals surface area contributed by atoms with Gasteiger partial charge in [-0.2, -0.15) is 9.40 Å². The lowest BCUT2D eigenvalue weighted by molar-refractivity contribution is -0.136. The van der Waals surface area contributed by atoms with Crippen molar-refractivity contribution in [2.75, 3.05) is 13.1 Å². The highest BCUT2D eigenvalue weighted by molar-refractivity contribution is 7.89. The second-order valence-electron chi connectivity index (χ2n) is 9.65. The van der Waals surface area contributed by atoms with Gasteiger partial charge in [0.2, 0.25) is 10.0 Å². The lowest BCUT2D eigenvalue weighted by Gasteiger charge is -2.19. The maximum Gasteiger partial charge on any atom is 0.309 e. The second kappa shape index (κ2) is 8.91. The van der Waals surface area contributed by atoms with Crippen molar-refractivity contribution < 1.29 is 27.4 Å². The van der Waals surface area contributed by atoms with Crippen molar-refractivity contribution in [1.82, 2.24) is 14.1 Å². The maximum absolute atomic E-state index is 14.2. The molecule has 1 saturated carbocycles. The van der Waals surface area contributed by atoms with Crippen LogP contribution in [0.5, 0.6) is 5.75 Å². The molecule has 2 aromatic carbocycles. The van der Waals surface area contributed by atoms with Gasteiger partial charge in [-0.25, -0.2) is 12.8 Å². The van der Waals surface area contributed by atoms with Gasteiger partial charge in [-0.05, 0) is 81.0 Å². The first-order valence-corrected chi connectivity index (χ1v) is 13.2. The van der Waals surface area contributed by atoms with Crippen molar-refractivity contribution in [2.45, 2.75) is 50.2 Å². The highest BCUT2D eigenvalue weighted by Gasteiger charge is 2.47. The van der Waals surface area contributed by atoms with Gasteiger partial charge in [0.15, 0.2) is 0 Å². The minimum Gasteiger partial charge on any atom is -0.491 e. The van der Waals surface area contributed by atoms with Crippen molar-refractivity contribution in [3.8, 4) is 5.75 Å². The zero-order valence-corrected chi connectivity index (χ0v) is 20.4. The van der Waals surface area contributed by atoms with Gasteiger partial charge in [-0.15, -0.1) is 0 Å². The minimum absolute atomic E-state index is 0.0115. The summed E-state index contributed by atoms with van der Waals surface area (Å²) in [4.78, 5) is 11.6. The Morgan fingerprint density at radius 1 is 1.17 bits per heavy atom. The summed E-state index contributed by atoms with van der Waals surface area (Å²) in [6.45, 7) is 4.33. The van der Waals surface area contributed by atoms with Crippen molar-refractivity contribution in [3.63, 3.8) is 0 Å². The van der Waals surface area contributed by atoms with Gasteiger partial charge in [0.1, 0.15) is 11.6 Å². The van der Waals surface area contributed by atoms with Crippen LogP contribution in [0.4, 0.5) is 4.39 Å². The maximum atomic E-state index is 14.2. The third-order valence-corrected chi connectivity index (χ3v) is 8.58. The Bertz CT molecular complexity index is 1370. The molecule has 3 aromatic rings. The zero-order chi connectivity index (χ0) is 24.9. The molecule has 0 bridgehead atoms. The van der Waals surface area contributed by atoms with E-state index in [1.807, 2.05) is 13.8 Å². The smallest absolute Gasteiger partial charge is 0.309 e. The molecule has 8 nitrogen and oxygen atoms in total. The molecule has 2 atom stereocenters. The number of ether oxygens (including phenoxy) is 1. The summed E-state index contributed by atoms with van der Waals surface area (Å²) >= 11 is 0. The molecule has 1 aliphatic heterocycles. The first kappa shape index (κ1) is 23.7. The fraction of sp³-hybridized carbons (Fsp3) is 0.440. The Kier molecular flexibility index (Phi) is 6.04. The number of carboxylic acids is 1. The number of nitrogens with zero attached hydrogens (tertiary/aromatic N) is 3. The lowest BCUT2D eigenvalue weighted by atomic mass is 9.98. The van der Waals surface area contributed by atoms with Gasteiger partial charge in [0, 0.05) is 18.5 Å². The van der Waals surface area contributed by atoms with Crippen molar-refractivity contribution in [2.24, 2.45) is 11.8 Å². The molecule has 186 valence electrons. The molecule has 1 unspecified atom stereocenters. The van der Waals surface area contributed by atoms with E-state index in [4.69, 9.17) is 4.74 Å². The number of aliphatic carboxylic acids is 1. The highest BCUT2D eigenvalue weighted by Crippen LogP contribution is 2.47. The molecule has 2 fully saturated rings. The number of carboxylic acid groups (broad SMARTS) is 1. The normalized spacial score (nSPS) is 21.1. The Balaban J connectivity index is 1.49. The number of hydrogen-bond acceptors (Lipinski definition) is 5. The average molecular weight is 502 g/mol. The van der Waals surface area contributed by atoms with Crippen LogP contribution in [-0.2, 0) is 21.2 Å². The van der Waals surface area contributed by atoms with E-state index in [0.29, 0.717) is 34.8 Å². The Labute approximate surface area is 203 Å². The minimum atomic E-state index is -3.77. The molecule has 1 saturated heterocycles. The van der Waals surface area contributed by atoms with Gasteiger partial charge in [0.25, 0.3) is 0 Å². The molecule has 0 amide bonds. The first-order valence-electron chi connectivity index (χ1n) is 11.8. The topological polar surface area (TPSA) is 102 Å². The molecular formula is C25H28FN3O5S. The number of halogens is 1. The summed E-state index contributed by atoms with van der Waals surface area (Å²) in [6.07, 6.45) is 1.70. The average Bonchev–Trinajstić information content (AvgIpc) is 3.44. The van der Waals surface area contributed by atoms with Crippen molar-refractivity contribution in [1.29, 1.82) is 0 Å².